The van der Waals surface area contributed by atoms with Crippen molar-refractivity contribution in [2.24, 2.45) is 0 Å². The van der Waals surface area contributed by atoms with Crippen LogP contribution in [-0.2, 0) is 11.4 Å². The molecule has 0 bridgehead atoms. The molecule has 0 aliphatic heterocycles. The Morgan fingerprint density at radius 3 is 2.46 bits per heavy atom. The molecule has 2 N–H and O–H groups in total. The summed E-state index contributed by atoms with van der Waals surface area (Å²) >= 11 is -1.09. The van der Waals surface area contributed by atoms with Gasteiger partial charge in [0.2, 0.25) is 0 Å². The molecule has 0 amide bonds. The van der Waals surface area contributed by atoms with Crippen molar-refractivity contribution in [3.63, 3.8) is 0 Å². The van der Waals surface area contributed by atoms with E-state index < -0.39 is 11.4 Å². The predicted molar refractivity (Wildman–Crippen MR) is 103 cm³/mol. The Hall–Kier alpha value is -1.75. The highest BCUT2D eigenvalue weighted by Crippen LogP contribution is 2.30. The summed E-state index contributed by atoms with van der Waals surface area (Å²) < 4.78 is 15.2. The van der Waals surface area contributed by atoms with Crippen LogP contribution in [0.5, 0.6) is 0 Å². The van der Waals surface area contributed by atoms with Crippen LogP contribution in [0.2, 0.25) is 0 Å². The molecule has 2 atom stereocenters. The molecular formula is C20H24N2OS. The first-order valence-corrected chi connectivity index (χ1v) is 9.36. The number of benzene rings is 2. The molecular weight excluding hydrogens is 316 g/mol. The van der Waals surface area contributed by atoms with Gasteiger partial charge in [0.1, 0.15) is 4.75 Å². The van der Waals surface area contributed by atoms with Gasteiger partial charge < -0.3 is 9.54 Å². The van der Waals surface area contributed by atoms with Crippen molar-refractivity contribution in [2.75, 3.05) is 0 Å². The lowest BCUT2D eigenvalue weighted by atomic mass is 10.0. The van der Waals surface area contributed by atoms with E-state index in [1.54, 1.807) is 0 Å². The van der Waals surface area contributed by atoms with Crippen molar-refractivity contribution in [1.29, 1.82) is 0 Å². The maximum Gasteiger partial charge on any atom is 0.136 e. The quantitative estimate of drug-likeness (QED) is 0.660. The van der Waals surface area contributed by atoms with E-state index in [0.29, 0.717) is 0 Å². The monoisotopic (exact) mass is 340 g/mol. The lowest BCUT2D eigenvalue weighted by Gasteiger charge is -2.26. The van der Waals surface area contributed by atoms with Gasteiger partial charge in [0.25, 0.3) is 0 Å². The molecule has 3 rings (SSSR count). The van der Waals surface area contributed by atoms with Gasteiger partial charge in [-0.25, -0.2) is 0 Å². The van der Waals surface area contributed by atoms with Gasteiger partial charge in [0.15, 0.2) is 0 Å². The summed E-state index contributed by atoms with van der Waals surface area (Å²) in [6.07, 6.45) is 2.05. The minimum absolute atomic E-state index is 0.0259. The van der Waals surface area contributed by atoms with Crippen LogP contribution in [0.25, 0.3) is 22.0 Å². The van der Waals surface area contributed by atoms with E-state index in [-0.39, 0.29) is 10.8 Å². The molecule has 24 heavy (non-hydrogen) atoms. The minimum atomic E-state index is -1.09. The number of rotatable bonds is 4. The second kappa shape index (κ2) is 6.63. The van der Waals surface area contributed by atoms with E-state index in [1.807, 2.05) is 33.8 Å². The summed E-state index contributed by atoms with van der Waals surface area (Å²) in [5, 5.41) is 1.20. The normalized spacial score (nSPS) is 14.7. The van der Waals surface area contributed by atoms with E-state index >= 15 is 0 Å². The molecule has 0 radical (unpaired) electrons. The summed E-state index contributed by atoms with van der Waals surface area (Å²) in [7, 11) is 0. The standard InChI is InChI=1S/C20H24N2OS/c1-14(22-24(23)20(2,3)4)16-10-11-17-18(13-21-19(17)12-16)15-8-6-5-7-9-15/h5-14,21-22H,1-4H3. The Labute approximate surface area is 146 Å². The molecule has 2 aromatic carbocycles. The lowest BCUT2D eigenvalue weighted by Crippen LogP contribution is -2.40. The van der Waals surface area contributed by atoms with E-state index in [0.717, 1.165) is 11.1 Å². The molecule has 126 valence electrons. The number of fused-ring (bicyclic) bond motifs is 1. The Bertz CT molecular complexity index is 821. The van der Waals surface area contributed by atoms with Crippen molar-refractivity contribution < 1.29 is 4.55 Å². The van der Waals surface area contributed by atoms with Gasteiger partial charge in [-0.3, -0.25) is 0 Å². The van der Waals surface area contributed by atoms with Crippen LogP contribution >= 0.6 is 0 Å². The highest BCUT2D eigenvalue weighted by molar-refractivity contribution is 7.90. The minimum Gasteiger partial charge on any atom is -0.598 e. The van der Waals surface area contributed by atoms with Gasteiger partial charge in [-0.2, -0.15) is 0 Å². The average Bonchev–Trinajstić information content (AvgIpc) is 2.97. The van der Waals surface area contributed by atoms with Gasteiger partial charge >= 0.3 is 0 Å². The fraction of sp³-hybridized carbons (Fsp3) is 0.300. The van der Waals surface area contributed by atoms with Gasteiger partial charge in [-0.05, 0) is 44.9 Å². The molecule has 2 unspecified atom stereocenters. The molecule has 0 saturated heterocycles. The molecule has 3 nitrogen and oxygen atoms in total. The zero-order valence-corrected chi connectivity index (χ0v) is 15.4. The van der Waals surface area contributed by atoms with Crippen LogP contribution in [0.15, 0.2) is 54.7 Å². The highest BCUT2D eigenvalue weighted by Gasteiger charge is 2.28. The smallest absolute Gasteiger partial charge is 0.136 e. The average molecular weight is 340 g/mol. The third-order valence-corrected chi connectivity index (χ3v) is 5.81. The first kappa shape index (κ1) is 17.1. The van der Waals surface area contributed by atoms with Crippen LogP contribution in [0.3, 0.4) is 0 Å². The van der Waals surface area contributed by atoms with Gasteiger partial charge in [-0.15, -0.1) is 4.72 Å². The summed E-state index contributed by atoms with van der Waals surface area (Å²) in [6, 6.07) is 16.8. The van der Waals surface area contributed by atoms with E-state index in [2.05, 4.69) is 58.4 Å². The third kappa shape index (κ3) is 3.51. The molecule has 1 aromatic heterocycles. The second-order valence-corrected chi connectivity index (χ2v) is 9.09. The van der Waals surface area contributed by atoms with Crippen molar-refractivity contribution in [1.82, 2.24) is 9.71 Å². The summed E-state index contributed by atoms with van der Waals surface area (Å²) in [5.41, 5.74) is 4.63. The van der Waals surface area contributed by atoms with Crippen LogP contribution in [0, 0.1) is 0 Å². The molecule has 0 aliphatic carbocycles. The molecule has 4 heteroatoms. The van der Waals surface area contributed by atoms with Gasteiger partial charge in [0.05, 0.1) is 6.04 Å². The molecule has 0 fully saturated rings. The molecule has 3 aromatic rings. The number of nitrogens with one attached hydrogen (secondary N) is 2. The lowest BCUT2D eigenvalue weighted by molar-refractivity contribution is 0.531. The SMILES string of the molecule is CC(N[S+]([O-])C(C)(C)C)c1ccc2c(-c3ccccc3)c[nH]c2c1. The first-order valence-electron chi connectivity index (χ1n) is 8.21. The Kier molecular flexibility index (Phi) is 4.72. The summed E-state index contributed by atoms with van der Waals surface area (Å²) in [6.45, 7) is 7.97. The third-order valence-electron chi connectivity index (χ3n) is 4.13. The summed E-state index contributed by atoms with van der Waals surface area (Å²) in [4.78, 5) is 3.36. The maximum atomic E-state index is 12.3. The molecule has 0 aliphatic rings. The van der Waals surface area contributed by atoms with E-state index in [9.17, 15) is 4.55 Å². The van der Waals surface area contributed by atoms with Gasteiger partial charge in [-0.1, -0.05) is 42.5 Å². The summed E-state index contributed by atoms with van der Waals surface area (Å²) in [5.74, 6) is 0. The number of hydrogen-bond donors (Lipinski definition) is 2. The van der Waals surface area contributed by atoms with Crippen molar-refractivity contribution >= 4 is 22.3 Å². The van der Waals surface area contributed by atoms with Crippen molar-refractivity contribution in [2.45, 2.75) is 38.5 Å². The van der Waals surface area contributed by atoms with Crippen molar-refractivity contribution in [3.05, 3.63) is 60.3 Å². The molecule has 1 heterocycles. The fourth-order valence-electron chi connectivity index (χ4n) is 2.68. The van der Waals surface area contributed by atoms with Crippen LogP contribution in [0.1, 0.15) is 39.3 Å². The zero-order valence-electron chi connectivity index (χ0n) is 14.6. The van der Waals surface area contributed by atoms with Crippen LogP contribution < -0.4 is 4.72 Å². The number of aromatic amines is 1. The van der Waals surface area contributed by atoms with Crippen LogP contribution in [-0.4, -0.2) is 14.3 Å². The second-order valence-electron chi connectivity index (χ2n) is 7.09. The van der Waals surface area contributed by atoms with Gasteiger partial charge in [0, 0.05) is 34.0 Å². The maximum absolute atomic E-state index is 12.3. The Balaban J connectivity index is 1.88. The molecule has 0 saturated carbocycles. The number of hydrogen-bond acceptors (Lipinski definition) is 2. The Morgan fingerprint density at radius 2 is 1.79 bits per heavy atom. The van der Waals surface area contributed by atoms with Crippen LogP contribution in [0.4, 0.5) is 0 Å². The predicted octanol–water partition coefficient (Wildman–Crippen LogP) is 4.95. The van der Waals surface area contributed by atoms with Crippen molar-refractivity contribution in [3.8, 4) is 11.1 Å². The highest BCUT2D eigenvalue weighted by atomic mass is 32.2. The molecule has 0 spiro atoms. The Morgan fingerprint density at radius 1 is 1.08 bits per heavy atom. The first-order chi connectivity index (χ1) is 11.4. The van der Waals surface area contributed by atoms with E-state index in [1.165, 1.54) is 16.5 Å². The largest absolute Gasteiger partial charge is 0.598 e. The topological polar surface area (TPSA) is 50.9 Å². The number of H-pyrrole nitrogens is 1. The van der Waals surface area contributed by atoms with E-state index in [4.69, 9.17) is 0 Å². The number of aromatic nitrogens is 1. The fourth-order valence-corrected chi connectivity index (χ4v) is 3.49. The zero-order chi connectivity index (χ0) is 17.3.